The molecule has 16 heavy (non-hydrogen) atoms. The molecule has 1 saturated carbocycles. The van der Waals surface area contributed by atoms with E-state index in [1.165, 1.54) is 32.1 Å². The smallest absolute Gasteiger partial charge is 0.149 e. The lowest BCUT2D eigenvalue weighted by molar-refractivity contribution is 0.306. The Bertz CT molecular complexity index is 348. The van der Waals surface area contributed by atoms with E-state index in [0.29, 0.717) is 10.6 Å². The molecule has 0 saturated heterocycles. The van der Waals surface area contributed by atoms with E-state index in [9.17, 15) is 0 Å². The molecule has 1 aliphatic carbocycles. The standard InChI is InChI=1S/C12H18ClN3/c1-2-12(5-3-4-6-12)9-15-11-8-14-7-10(13)16-11/h7-8H,2-6,9H2,1H3,(H,15,16). The number of halogens is 1. The zero-order chi connectivity index (χ0) is 11.4. The van der Waals surface area contributed by atoms with E-state index >= 15 is 0 Å². The van der Waals surface area contributed by atoms with Crippen LogP contribution in [0, 0.1) is 5.41 Å². The quantitative estimate of drug-likeness (QED) is 0.874. The third-order valence-corrected chi connectivity index (χ3v) is 3.85. The van der Waals surface area contributed by atoms with Crippen LogP contribution in [0.4, 0.5) is 5.82 Å². The molecule has 1 heterocycles. The summed E-state index contributed by atoms with van der Waals surface area (Å²) in [4.78, 5) is 8.21. The van der Waals surface area contributed by atoms with Crippen molar-refractivity contribution in [3.8, 4) is 0 Å². The van der Waals surface area contributed by atoms with Gasteiger partial charge in [0, 0.05) is 6.54 Å². The van der Waals surface area contributed by atoms with E-state index in [4.69, 9.17) is 11.6 Å². The first-order chi connectivity index (χ1) is 7.74. The number of aromatic nitrogens is 2. The van der Waals surface area contributed by atoms with Gasteiger partial charge in [-0.2, -0.15) is 0 Å². The van der Waals surface area contributed by atoms with Gasteiger partial charge in [-0.25, -0.2) is 4.98 Å². The number of hydrogen-bond donors (Lipinski definition) is 1. The van der Waals surface area contributed by atoms with E-state index in [-0.39, 0.29) is 0 Å². The van der Waals surface area contributed by atoms with Gasteiger partial charge in [0.05, 0.1) is 12.4 Å². The van der Waals surface area contributed by atoms with Crippen molar-refractivity contribution in [2.75, 3.05) is 11.9 Å². The monoisotopic (exact) mass is 239 g/mol. The van der Waals surface area contributed by atoms with E-state index < -0.39 is 0 Å². The van der Waals surface area contributed by atoms with Gasteiger partial charge in [0.25, 0.3) is 0 Å². The van der Waals surface area contributed by atoms with Gasteiger partial charge in [0.15, 0.2) is 0 Å². The van der Waals surface area contributed by atoms with Crippen LogP contribution in [0.3, 0.4) is 0 Å². The molecular weight excluding hydrogens is 222 g/mol. The van der Waals surface area contributed by atoms with Crippen LogP contribution in [0.2, 0.25) is 5.15 Å². The first-order valence-corrected chi connectivity index (χ1v) is 6.33. The highest BCUT2D eigenvalue weighted by molar-refractivity contribution is 6.29. The van der Waals surface area contributed by atoms with E-state index in [0.717, 1.165) is 12.4 Å². The average Bonchev–Trinajstić information content (AvgIpc) is 2.76. The van der Waals surface area contributed by atoms with Crippen LogP contribution in [0.5, 0.6) is 0 Å². The lowest BCUT2D eigenvalue weighted by atomic mass is 9.83. The molecule has 0 unspecified atom stereocenters. The van der Waals surface area contributed by atoms with Crippen LogP contribution >= 0.6 is 11.6 Å². The Morgan fingerprint density at radius 1 is 1.38 bits per heavy atom. The molecule has 0 spiro atoms. The Morgan fingerprint density at radius 3 is 2.75 bits per heavy atom. The lowest BCUT2D eigenvalue weighted by Gasteiger charge is -2.27. The molecule has 1 fully saturated rings. The fraction of sp³-hybridized carbons (Fsp3) is 0.667. The third kappa shape index (κ3) is 2.64. The van der Waals surface area contributed by atoms with Gasteiger partial charge in [-0.3, -0.25) is 4.98 Å². The summed E-state index contributed by atoms with van der Waals surface area (Å²) >= 11 is 5.80. The Kier molecular flexibility index (Phi) is 3.64. The van der Waals surface area contributed by atoms with Crippen molar-refractivity contribution in [3.05, 3.63) is 17.5 Å². The maximum Gasteiger partial charge on any atom is 0.149 e. The van der Waals surface area contributed by atoms with Crippen molar-refractivity contribution in [1.29, 1.82) is 0 Å². The number of anilines is 1. The van der Waals surface area contributed by atoms with E-state index in [2.05, 4.69) is 22.2 Å². The highest BCUT2D eigenvalue weighted by atomic mass is 35.5. The molecule has 0 radical (unpaired) electrons. The zero-order valence-electron chi connectivity index (χ0n) is 9.67. The molecule has 2 rings (SSSR count). The van der Waals surface area contributed by atoms with Crippen LogP contribution in [0.1, 0.15) is 39.0 Å². The molecule has 1 N–H and O–H groups in total. The normalized spacial score (nSPS) is 18.6. The predicted octanol–water partition coefficient (Wildman–Crippen LogP) is 3.51. The molecule has 1 aromatic rings. The summed E-state index contributed by atoms with van der Waals surface area (Å²) in [5.41, 5.74) is 0.462. The number of nitrogens with one attached hydrogen (secondary N) is 1. The van der Waals surface area contributed by atoms with Crippen LogP contribution in [0.25, 0.3) is 0 Å². The Labute approximate surface area is 102 Å². The minimum absolute atomic E-state index is 0.446. The Morgan fingerprint density at radius 2 is 2.12 bits per heavy atom. The van der Waals surface area contributed by atoms with Crippen LogP contribution in [-0.4, -0.2) is 16.5 Å². The number of hydrogen-bond acceptors (Lipinski definition) is 3. The molecular formula is C12H18ClN3. The van der Waals surface area contributed by atoms with Crippen molar-refractivity contribution in [2.45, 2.75) is 39.0 Å². The van der Waals surface area contributed by atoms with Crippen LogP contribution < -0.4 is 5.32 Å². The van der Waals surface area contributed by atoms with Crippen molar-refractivity contribution < 1.29 is 0 Å². The first-order valence-electron chi connectivity index (χ1n) is 5.95. The van der Waals surface area contributed by atoms with Crippen molar-refractivity contribution in [1.82, 2.24) is 9.97 Å². The zero-order valence-corrected chi connectivity index (χ0v) is 10.4. The second-order valence-electron chi connectivity index (χ2n) is 4.64. The molecule has 3 nitrogen and oxygen atoms in total. The van der Waals surface area contributed by atoms with Gasteiger partial charge < -0.3 is 5.32 Å². The molecule has 1 aliphatic rings. The second-order valence-corrected chi connectivity index (χ2v) is 5.03. The average molecular weight is 240 g/mol. The molecule has 4 heteroatoms. The van der Waals surface area contributed by atoms with E-state index in [1.54, 1.807) is 12.4 Å². The van der Waals surface area contributed by atoms with Crippen molar-refractivity contribution in [2.24, 2.45) is 5.41 Å². The minimum atomic E-state index is 0.446. The van der Waals surface area contributed by atoms with Gasteiger partial charge >= 0.3 is 0 Å². The Balaban J connectivity index is 1.95. The maximum atomic E-state index is 5.80. The van der Waals surface area contributed by atoms with E-state index in [1.807, 2.05) is 0 Å². The number of rotatable bonds is 4. The number of nitrogens with zero attached hydrogens (tertiary/aromatic N) is 2. The first kappa shape index (κ1) is 11.6. The molecule has 0 aromatic carbocycles. The summed E-state index contributed by atoms with van der Waals surface area (Å²) < 4.78 is 0. The summed E-state index contributed by atoms with van der Waals surface area (Å²) in [6.07, 6.45) is 9.87. The highest BCUT2D eigenvalue weighted by Gasteiger charge is 2.31. The summed E-state index contributed by atoms with van der Waals surface area (Å²) in [5, 5.41) is 3.81. The maximum absolute atomic E-state index is 5.80. The largest absolute Gasteiger partial charge is 0.368 e. The highest BCUT2D eigenvalue weighted by Crippen LogP contribution is 2.40. The van der Waals surface area contributed by atoms with Gasteiger partial charge in [-0.15, -0.1) is 0 Å². The topological polar surface area (TPSA) is 37.8 Å². The minimum Gasteiger partial charge on any atom is -0.368 e. The molecule has 88 valence electrons. The summed E-state index contributed by atoms with van der Waals surface area (Å²) in [6, 6.07) is 0. The van der Waals surface area contributed by atoms with Crippen LogP contribution in [-0.2, 0) is 0 Å². The van der Waals surface area contributed by atoms with Gasteiger partial charge in [-0.05, 0) is 24.7 Å². The van der Waals surface area contributed by atoms with Gasteiger partial charge in [0.1, 0.15) is 11.0 Å². The molecule has 1 aromatic heterocycles. The van der Waals surface area contributed by atoms with Gasteiger partial charge in [0.2, 0.25) is 0 Å². The molecule has 0 aliphatic heterocycles. The van der Waals surface area contributed by atoms with Gasteiger partial charge in [-0.1, -0.05) is 31.4 Å². The molecule has 0 bridgehead atoms. The Hall–Kier alpha value is -0.830. The van der Waals surface area contributed by atoms with Crippen LogP contribution in [0.15, 0.2) is 12.4 Å². The SMILES string of the molecule is CCC1(CNc2cncc(Cl)n2)CCCC1. The molecule has 0 atom stereocenters. The fourth-order valence-corrected chi connectivity index (χ4v) is 2.63. The fourth-order valence-electron chi connectivity index (χ4n) is 2.49. The lowest BCUT2D eigenvalue weighted by Crippen LogP contribution is -2.26. The summed E-state index contributed by atoms with van der Waals surface area (Å²) in [7, 11) is 0. The summed E-state index contributed by atoms with van der Waals surface area (Å²) in [6.45, 7) is 3.26. The third-order valence-electron chi connectivity index (χ3n) is 3.66. The predicted molar refractivity (Wildman–Crippen MR) is 66.7 cm³/mol. The second kappa shape index (κ2) is 5.00. The van der Waals surface area contributed by atoms with Crippen molar-refractivity contribution in [3.63, 3.8) is 0 Å². The van der Waals surface area contributed by atoms with Crippen molar-refractivity contribution >= 4 is 17.4 Å². The molecule has 0 amide bonds. The summed E-state index contributed by atoms with van der Waals surface area (Å²) in [5.74, 6) is 0.784.